The lowest BCUT2D eigenvalue weighted by atomic mass is 10.0. The quantitative estimate of drug-likeness (QED) is 0.837. The topological polar surface area (TPSA) is 12.5 Å². The first kappa shape index (κ1) is 14.3. The molecule has 0 bridgehead atoms. The maximum absolute atomic E-state index is 12.9. The number of piperidine rings is 1. The zero-order valence-corrected chi connectivity index (χ0v) is 10.9. The lowest BCUT2D eigenvalue weighted by Gasteiger charge is -2.31. The molecule has 1 aromatic carbocycles. The van der Waals surface area contributed by atoms with Crippen molar-refractivity contribution in [1.29, 1.82) is 0 Å². The summed E-state index contributed by atoms with van der Waals surface area (Å²) in [4.78, 5) is 2.06. The Morgan fingerprint density at radius 2 is 1.84 bits per heavy atom. The van der Waals surface area contributed by atoms with Crippen LogP contribution < -0.4 is 0 Å². The van der Waals surface area contributed by atoms with Crippen LogP contribution >= 0.6 is 0 Å². The summed E-state index contributed by atoms with van der Waals surface area (Å²) >= 11 is 0. The third-order valence-corrected chi connectivity index (χ3v) is 3.58. The Morgan fingerprint density at radius 3 is 2.42 bits per heavy atom. The summed E-state index contributed by atoms with van der Waals surface area (Å²) in [5.41, 5.74) is -0.172. The first-order valence-corrected chi connectivity index (χ1v) is 6.41. The Kier molecular flexibility index (Phi) is 4.47. The van der Waals surface area contributed by atoms with Gasteiger partial charge >= 0.3 is 6.18 Å². The second-order valence-corrected chi connectivity index (χ2v) is 4.87. The lowest BCUT2D eigenvalue weighted by molar-refractivity contribution is -0.138. The zero-order valence-electron chi connectivity index (χ0n) is 10.9. The number of methoxy groups -OCH3 is 1. The van der Waals surface area contributed by atoms with E-state index < -0.39 is 11.7 Å². The molecule has 0 aliphatic carbocycles. The Labute approximate surface area is 111 Å². The van der Waals surface area contributed by atoms with Gasteiger partial charge in [0.15, 0.2) is 0 Å². The molecule has 1 fully saturated rings. The third-order valence-electron chi connectivity index (χ3n) is 3.58. The Hall–Kier alpha value is -1.07. The van der Waals surface area contributed by atoms with Gasteiger partial charge in [-0.25, -0.2) is 0 Å². The second kappa shape index (κ2) is 5.92. The van der Waals surface area contributed by atoms with Gasteiger partial charge < -0.3 is 4.74 Å². The van der Waals surface area contributed by atoms with Crippen LogP contribution in [0.3, 0.4) is 0 Å². The van der Waals surface area contributed by atoms with Gasteiger partial charge in [-0.3, -0.25) is 4.90 Å². The van der Waals surface area contributed by atoms with Crippen LogP contribution in [0.2, 0.25) is 0 Å². The highest BCUT2D eigenvalue weighted by molar-refractivity contribution is 5.29. The van der Waals surface area contributed by atoms with Crippen molar-refractivity contribution in [3.05, 3.63) is 35.4 Å². The third kappa shape index (κ3) is 3.70. The van der Waals surface area contributed by atoms with Crippen LogP contribution in [0.1, 0.15) is 24.0 Å². The van der Waals surface area contributed by atoms with Crippen molar-refractivity contribution in [1.82, 2.24) is 4.90 Å². The minimum atomic E-state index is -4.28. The van der Waals surface area contributed by atoms with Gasteiger partial charge in [-0.1, -0.05) is 18.2 Å². The predicted octanol–water partition coefficient (Wildman–Crippen LogP) is 3.32. The average molecular weight is 273 g/mol. The highest BCUT2D eigenvalue weighted by atomic mass is 19.4. The van der Waals surface area contributed by atoms with Crippen molar-refractivity contribution in [2.75, 3.05) is 20.2 Å². The summed E-state index contributed by atoms with van der Waals surface area (Å²) in [6.07, 6.45) is -2.27. The molecular formula is C14H18F3NO. The molecule has 0 unspecified atom stereocenters. The molecule has 1 aromatic rings. The minimum absolute atomic E-state index is 0.245. The summed E-state index contributed by atoms with van der Waals surface area (Å²) in [6.45, 7) is 1.92. The Bertz CT molecular complexity index is 411. The van der Waals surface area contributed by atoms with Crippen LogP contribution in [-0.2, 0) is 17.5 Å². The van der Waals surface area contributed by atoms with Gasteiger partial charge in [0.05, 0.1) is 11.7 Å². The molecule has 0 radical (unpaired) electrons. The summed E-state index contributed by atoms with van der Waals surface area (Å²) < 4.78 is 43.9. The van der Waals surface area contributed by atoms with Gasteiger partial charge in [0, 0.05) is 26.7 Å². The van der Waals surface area contributed by atoms with Gasteiger partial charge in [-0.15, -0.1) is 0 Å². The molecule has 0 atom stereocenters. The van der Waals surface area contributed by atoms with E-state index >= 15 is 0 Å². The van der Waals surface area contributed by atoms with Gasteiger partial charge in [-0.05, 0) is 24.5 Å². The van der Waals surface area contributed by atoms with Crippen molar-refractivity contribution in [2.45, 2.75) is 31.7 Å². The monoisotopic (exact) mass is 273 g/mol. The Balaban J connectivity index is 2.04. The van der Waals surface area contributed by atoms with Gasteiger partial charge in [0.2, 0.25) is 0 Å². The van der Waals surface area contributed by atoms with E-state index in [1.807, 2.05) is 0 Å². The SMILES string of the molecule is COC1CCN(Cc2ccccc2C(F)(F)F)CC1. The van der Waals surface area contributed by atoms with Crippen LogP contribution in [0.5, 0.6) is 0 Å². The Morgan fingerprint density at radius 1 is 1.21 bits per heavy atom. The lowest BCUT2D eigenvalue weighted by Crippen LogP contribution is -2.36. The van der Waals surface area contributed by atoms with E-state index in [4.69, 9.17) is 4.74 Å². The maximum atomic E-state index is 12.9. The fourth-order valence-corrected chi connectivity index (χ4v) is 2.48. The van der Waals surface area contributed by atoms with Crippen LogP contribution in [0, 0.1) is 0 Å². The predicted molar refractivity (Wildman–Crippen MR) is 66.8 cm³/mol. The van der Waals surface area contributed by atoms with Gasteiger partial charge in [0.1, 0.15) is 0 Å². The van der Waals surface area contributed by atoms with Gasteiger partial charge in [-0.2, -0.15) is 13.2 Å². The van der Waals surface area contributed by atoms with Crippen LogP contribution in [0.15, 0.2) is 24.3 Å². The van der Waals surface area contributed by atoms with Crippen molar-refractivity contribution in [2.24, 2.45) is 0 Å². The second-order valence-electron chi connectivity index (χ2n) is 4.87. The highest BCUT2D eigenvalue weighted by Crippen LogP contribution is 2.32. The summed E-state index contributed by atoms with van der Waals surface area (Å²) in [6, 6.07) is 5.80. The molecular weight excluding hydrogens is 255 g/mol. The van der Waals surface area contributed by atoms with Crippen LogP contribution in [0.4, 0.5) is 13.2 Å². The molecule has 5 heteroatoms. The van der Waals surface area contributed by atoms with Crippen molar-refractivity contribution < 1.29 is 17.9 Å². The number of likely N-dealkylation sites (tertiary alicyclic amines) is 1. The standard InChI is InChI=1S/C14H18F3NO/c1-19-12-6-8-18(9-7-12)10-11-4-2-3-5-13(11)14(15,16)17/h2-5,12H,6-10H2,1H3. The van der Waals surface area contributed by atoms with E-state index in [0.29, 0.717) is 12.1 Å². The molecule has 1 saturated heterocycles. The van der Waals surface area contributed by atoms with Crippen molar-refractivity contribution >= 4 is 0 Å². The number of nitrogens with zero attached hydrogens (tertiary/aromatic N) is 1. The summed E-state index contributed by atoms with van der Waals surface area (Å²) in [7, 11) is 1.68. The average Bonchev–Trinajstić information content (AvgIpc) is 2.39. The first-order valence-electron chi connectivity index (χ1n) is 6.41. The molecule has 1 heterocycles. The van der Waals surface area contributed by atoms with Crippen LogP contribution in [0.25, 0.3) is 0 Å². The van der Waals surface area contributed by atoms with Crippen molar-refractivity contribution in [3.8, 4) is 0 Å². The molecule has 1 aliphatic heterocycles. The molecule has 19 heavy (non-hydrogen) atoms. The van der Waals surface area contributed by atoms with E-state index in [9.17, 15) is 13.2 Å². The number of halogens is 3. The summed E-state index contributed by atoms with van der Waals surface area (Å²) in [5.74, 6) is 0. The molecule has 0 aromatic heterocycles. The maximum Gasteiger partial charge on any atom is 0.416 e. The molecule has 106 valence electrons. The van der Waals surface area contributed by atoms with E-state index in [2.05, 4.69) is 4.90 Å². The van der Waals surface area contributed by atoms with E-state index in [1.54, 1.807) is 19.2 Å². The molecule has 0 amide bonds. The van der Waals surface area contributed by atoms with E-state index in [1.165, 1.54) is 6.07 Å². The smallest absolute Gasteiger partial charge is 0.381 e. The van der Waals surface area contributed by atoms with Crippen LogP contribution in [-0.4, -0.2) is 31.2 Å². The normalized spacial score (nSPS) is 18.7. The zero-order chi connectivity index (χ0) is 13.9. The first-order chi connectivity index (χ1) is 9.00. The number of hydrogen-bond acceptors (Lipinski definition) is 2. The fraction of sp³-hybridized carbons (Fsp3) is 0.571. The molecule has 2 nitrogen and oxygen atoms in total. The molecule has 0 saturated carbocycles. The molecule has 1 aliphatic rings. The molecule has 0 spiro atoms. The highest BCUT2D eigenvalue weighted by Gasteiger charge is 2.33. The molecule has 2 rings (SSSR count). The minimum Gasteiger partial charge on any atom is -0.381 e. The van der Waals surface area contributed by atoms with E-state index in [0.717, 1.165) is 32.0 Å². The number of benzene rings is 1. The number of ether oxygens (including phenoxy) is 1. The number of rotatable bonds is 3. The fourth-order valence-electron chi connectivity index (χ4n) is 2.48. The van der Waals surface area contributed by atoms with Crippen molar-refractivity contribution in [3.63, 3.8) is 0 Å². The summed E-state index contributed by atoms with van der Waals surface area (Å²) in [5, 5.41) is 0. The number of alkyl halides is 3. The molecule has 0 N–H and O–H groups in total. The number of hydrogen-bond donors (Lipinski definition) is 0. The largest absolute Gasteiger partial charge is 0.416 e. The van der Waals surface area contributed by atoms with E-state index in [-0.39, 0.29) is 6.10 Å². The van der Waals surface area contributed by atoms with Gasteiger partial charge in [0.25, 0.3) is 0 Å².